The summed E-state index contributed by atoms with van der Waals surface area (Å²) in [7, 11) is -3.79. The summed E-state index contributed by atoms with van der Waals surface area (Å²) < 4.78 is 27.7. The fourth-order valence-electron chi connectivity index (χ4n) is 3.47. The van der Waals surface area contributed by atoms with E-state index in [1.807, 2.05) is 30.3 Å². The van der Waals surface area contributed by atoms with E-state index < -0.39 is 10.0 Å². The third kappa shape index (κ3) is 4.49. The maximum absolute atomic E-state index is 12.6. The maximum atomic E-state index is 12.6. The molecule has 0 aliphatic heterocycles. The van der Waals surface area contributed by atoms with Crippen molar-refractivity contribution in [1.82, 2.24) is 9.97 Å². The summed E-state index contributed by atoms with van der Waals surface area (Å²) in [6, 6.07) is 17.6. The minimum atomic E-state index is -3.79. The van der Waals surface area contributed by atoms with Crippen LogP contribution in [0.25, 0.3) is 0 Å². The number of anilines is 2. The van der Waals surface area contributed by atoms with E-state index in [-0.39, 0.29) is 28.5 Å². The smallest absolute Gasteiger partial charge is 0.263 e. The van der Waals surface area contributed by atoms with Gasteiger partial charge < -0.3 is 5.32 Å². The van der Waals surface area contributed by atoms with Crippen molar-refractivity contribution >= 4 is 27.4 Å². The summed E-state index contributed by atoms with van der Waals surface area (Å²) in [6.45, 7) is 3.47. The Labute approximate surface area is 175 Å². The lowest BCUT2D eigenvalue weighted by atomic mass is 10.1. The summed E-state index contributed by atoms with van der Waals surface area (Å²) in [6.07, 6.45) is 0.823. The lowest BCUT2D eigenvalue weighted by Crippen LogP contribution is -2.16. The monoisotopic (exact) mass is 422 g/mol. The number of hydrogen-bond donors (Lipinski definition) is 2. The Bertz CT molecular complexity index is 1160. The van der Waals surface area contributed by atoms with Crippen LogP contribution in [0.5, 0.6) is 0 Å². The van der Waals surface area contributed by atoms with Crippen LogP contribution in [-0.4, -0.2) is 24.3 Å². The molecule has 7 nitrogen and oxygen atoms in total. The molecule has 8 heteroatoms. The summed E-state index contributed by atoms with van der Waals surface area (Å²) in [5.74, 6) is 0.846. The molecule has 3 aromatic rings. The van der Waals surface area contributed by atoms with Gasteiger partial charge in [0, 0.05) is 23.4 Å². The molecule has 0 radical (unpaired) electrons. The minimum Gasteiger partial charge on any atom is -0.326 e. The van der Waals surface area contributed by atoms with Gasteiger partial charge in [0.05, 0.1) is 4.90 Å². The number of carbonyl (C=O) groups excluding carboxylic acids is 1. The van der Waals surface area contributed by atoms with Crippen LogP contribution in [0.1, 0.15) is 29.4 Å². The lowest BCUT2D eigenvalue weighted by Gasteiger charge is -2.10. The highest BCUT2D eigenvalue weighted by atomic mass is 32.2. The largest absolute Gasteiger partial charge is 0.326 e. The van der Waals surface area contributed by atoms with E-state index in [9.17, 15) is 13.2 Å². The molecule has 1 amide bonds. The van der Waals surface area contributed by atoms with Crippen LogP contribution in [0.4, 0.5) is 11.5 Å². The molecule has 2 aromatic carbocycles. The Morgan fingerprint density at radius 3 is 2.37 bits per heavy atom. The number of rotatable bonds is 6. The molecule has 1 aliphatic carbocycles. The summed E-state index contributed by atoms with van der Waals surface area (Å²) in [5, 5.41) is 2.87. The number of aromatic nitrogens is 2. The van der Waals surface area contributed by atoms with Gasteiger partial charge in [-0.25, -0.2) is 18.4 Å². The Kier molecular flexibility index (Phi) is 5.26. The van der Waals surface area contributed by atoms with Crippen LogP contribution in [0.2, 0.25) is 0 Å². The van der Waals surface area contributed by atoms with E-state index in [1.54, 1.807) is 32.0 Å². The highest BCUT2D eigenvalue weighted by molar-refractivity contribution is 7.92. The first-order valence-electron chi connectivity index (χ1n) is 9.63. The minimum absolute atomic E-state index is 0.0514. The number of sulfonamides is 1. The van der Waals surface area contributed by atoms with Crippen molar-refractivity contribution in [3.8, 4) is 0 Å². The Hall–Kier alpha value is -3.26. The molecule has 0 spiro atoms. The summed E-state index contributed by atoms with van der Waals surface area (Å²) in [4.78, 5) is 20.8. The second-order valence-corrected chi connectivity index (χ2v) is 9.10. The van der Waals surface area contributed by atoms with Gasteiger partial charge in [-0.2, -0.15) is 0 Å². The number of carbonyl (C=O) groups is 1. The van der Waals surface area contributed by atoms with E-state index in [0.29, 0.717) is 17.2 Å². The van der Waals surface area contributed by atoms with Crippen molar-refractivity contribution < 1.29 is 13.2 Å². The second kappa shape index (κ2) is 7.87. The number of aryl methyl sites for hydroxylation is 2. The predicted octanol–water partition coefficient (Wildman–Crippen LogP) is 3.64. The Balaban J connectivity index is 1.41. The van der Waals surface area contributed by atoms with Crippen LogP contribution >= 0.6 is 0 Å². The number of amides is 1. The first-order valence-corrected chi connectivity index (χ1v) is 11.1. The van der Waals surface area contributed by atoms with Crippen molar-refractivity contribution in [2.45, 2.75) is 31.1 Å². The van der Waals surface area contributed by atoms with Gasteiger partial charge in [0.25, 0.3) is 10.0 Å². The molecule has 0 bridgehead atoms. The average Bonchev–Trinajstić information content (AvgIpc) is 3.49. The van der Waals surface area contributed by atoms with E-state index in [2.05, 4.69) is 20.0 Å². The lowest BCUT2D eigenvalue weighted by molar-refractivity contribution is -0.117. The van der Waals surface area contributed by atoms with Crippen LogP contribution in [0.15, 0.2) is 65.6 Å². The molecule has 1 aromatic heterocycles. The standard InChI is InChI=1S/C22H22N4O3S/c1-14-12-21(24-15(2)23-14)26-30(28,29)18-10-8-17(9-11-18)25-22(27)20-13-19(20)16-6-4-3-5-7-16/h3-12,19-20H,13H2,1-2H3,(H,25,27)(H,23,24,26)/t19-,20-/m0/s1. The third-order valence-corrected chi connectivity index (χ3v) is 6.36. The molecular weight excluding hydrogens is 400 g/mol. The normalized spacial score (nSPS) is 17.9. The van der Waals surface area contributed by atoms with Gasteiger partial charge >= 0.3 is 0 Å². The van der Waals surface area contributed by atoms with Gasteiger partial charge in [0.2, 0.25) is 5.91 Å². The van der Waals surface area contributed by atoms with Crippen LogP contribution in [0.3, 0.4) is 0 Å². The highest BCUT2D eigenvalue weighted by Gasteiger charge is 2.43. The van der Waals surface area contributed by atoms with Crippen LogP contribution in [-0.2, 0) is 14.8 Å². The molecule has 1 fully saturated rings. The number of hydrogen-bond acceptors (Lipinski definition) is 5. The van der Waals surface area contributed by atoms with Gasteiger partial charge in [0.15, 0.2) is 0 Å². The van der Waals surface area contributed by atoms with E-state index in [4.69, 9.17) is 0 Å². The van der Waals surface area contributed by atoms with Gasteiger partial charge in [-0.3, -0.25) is 9.52 Å². The van der Waals surface area contributed by atoms with Crippen molar-refractivity contribution in [1.29, 1.82) is 0 Å². The van der Waals surface area contributed by atoms with Crippen LogP contribution < -0.4 is 10.0 Å². The fourth-order valence-corrected chi connectivity index (χ4v) is 4.46. The number of nitrogens with one attached hydrogen (secondary N) is 2. The van der Waals surface area contributed by atoms with Crippen molar-refractivity contribution in [3.63, 3.8) is 0 Å². The molecule has 1 aliphatic rings. The van der Waals surface area contributed by atoms with Crippen molar-refractivity contribution in [2.24, 2.45) is 5.92 Å². The van der Waals surface area contributed by atoms with Crippen LogP contribution in [0, 0.1) is 19.8 Å². The Morgan fingerprint density at radius 1 is 1.00 bits per heavy atom. The SMILES string of the molecule is Cc1cc(NS(=O)(=O)c2ccc(NC(=O)[C@H]3C[C@H]3c3ccccc3)cc2)nc(C)n1. The molecular formula is C22H22N4O3S. The van der Waals surface area contributed by atoms with Gasteiger partial charge in [0.1, 0.15) is 11.6 Å². The van der Waals surface area contributed by atoms with E-state index in [1.165, 1.54) is 17.7 Å². The molecule has 1 heterocycles. The summed E-state index contributed by atoms with van der Waals surface area (Å²) in [5.41, 5.74) is 2.40. The van der Waals surface area contributed by atoms with Gasteiger partial charge in [-0.05, 0) is 56.0 Å². The van der Waals surface area contributed by atoms with Crippen molar-refractivity contribution in [2.75, 3.05) is 10.0 Å². The highest BCUT2D eigenvalue weighted by Crippen LogP contribution is 2.47. The van der Waals surface area contributed by atoms with Crippen molar-refractivity contribution in [3.05, 3.63) is 77.7 Å². The summed E-state index contributed by atoms with van der Waals surface area (Å²) >= 11 is 0. The average molecular weight is 423 g/mol. The fraction of sp³-hybridized carbons (Fsp3) is 0.227. The molecule has 154 valence electrons. The quantitative estimate of drug-likeness (QED) is 0.632. The predicted molar refractivity (Wildman–Crippen MR) is 115 cm³/mol. The first-order chi connectivity index (χ1) is 14.3. The van der Waals surface area contributed by atoms with E-state index in [0.717, 1.165) is 6.42 Å². The molecule has 0 saturated heterocycles. The van der Waals surface area contributed by atoms with Gasteiger partial charge in [-0.1, -0.05) is 30.3 Å². The maximum Gasteiger partial charge on any atom is 0.263 e. The Morgan fingerprint density at radius 2 is 1.70 bits per heavy atom. The van der Waals surface area contributed by atoms with Gasteiger partial charge in [-0.15, -0.1) is 0 Å². The molecule has 4 rings (SSSR count). The first kappa shape index (κ1) is 20.0. The topological polar surface area (TPSA) is 101 Å². The second-order valence-electron chi connectivity index (χ2n) is 7.42. The molecule has 2 N–H and O–H groups in total. The zero-order valence-electron chi connectivity index (χ0n) is 16.7. The molecule has 30 heavy (non-hydrogen) atoms. The third-order valence-electron chi connectivity index (χ3n) is 4.99. The number of benzene rings is 2. The molecule has 2 atom stereocenters. The molecule has 1 saturated carbocycles. The molecule has 0 unspecified atom stereocenters. The zero-order valence-corrected chi connectivity index (χ0v) is 17.5. The zero-order chi connectivity index (χ0) is 21.3. The number of nitrogens with zero attached hydrogens (tertiary/aromatic N) is 2. The van der Waals surface area contributed by atoms with E-state index >= 15 is 0 Å².